The third-order valence-electron chi connectivity index (χ3n) is 6.49. The van der Waals surface area contributed by atoms with E-state index >= 15 is 0 Å². The number of allylic oxidation sites excluding steroid dienone is 2. The zero-order valence-corrected chi connectivity index (χ0v) is 12.1. The van der Waals surface area contributed by atoms with Crippen molar-refractivity contribution in [3.63, 3.8) is 0 Å². The minimum atomic E-state index is -0.000255. The van der Waals surface area contributed by atoms with Gasteiger partial charge >= 0.3 is 0 Å². The molecule has 0 N–H and O–H groups in total. The number of ether oxygens (including phenoxy) is 3. The number of hydrogen-bond donors (Lipinski definition) is 0. The summed E-state index contributed by atoms with van der Waals surface area (Å²) in [6.45, 7) is 0. The molecule has 2 saturated carbocycles. The summed E-state index contributed by atoms with van der Waals surface area (Å²) in [5.74, 6) is 3.48. The Hall–Kier alpha value is -1.90. The van der Waals surface area contributed by atoms with Crippen molar-refractivity contribution in [2.75, 3.05) is 14.2 Å². The molecule has 4 aliphatic carbocycles. The average Bonchev–Trinajstić information content (AvgIpc) is 2.89. The molecule has 2 fully saturated rings. The molecule has 21 heavy (non-hydrogen) atoms. The van der Waals surface area contributed by atoms with Crippen molar-refractivity contribution in [3.05, 3.63) is 46.7 Å². The van der Waals surface area contributed by atoms with Crippen LogP contribution in [0.5, 0.6) is 11.5 Å². The Morgan fingerprint density at radius 1 is 1.19 bits per heavy atom. The lowest BCUT2D eigenvalue weighted by Gasteiger charge is -2.35. The monoisotopic (exact) mass is 280 g/mol. The van der Waals surface area contributed by atoms with Gasteiger partial charge < -0.3 is 14.2 Å². The van der Waals surface area contributed by atoms with Crippen LogP contribution in [0.2, 0.25) is 0 Å². The maximum Gasteiger partial charge on any atom is 0.169 e. The first-order valence-electron chi connectivity index (χ1n) is 7.61. The van der Waals surface area contributed by atoms with Crippen LogP contribution in [0, 0.1) is 5.92 Å². The fraction of sp³-hybridized carbons (Fsp3) is 0.444. The quantitative estimate of drug-likeness (QED) is 0.833. The van der Waals surface area contributed by atoms with Crippen LogP contribution in [0.25, 0.3) is 0 Å². The summed E-state index contributed by atoms with van der Waals surface area (Å²) in [6, 6.07) is 4.35. The molecule has 4 atom stereocenters. The molecular formula is C18H16O3. The molecule has 1 unspecified atom stereocenters. The van der Waals surface area contributed by atoms with E-state index in [1.54, 1.807) is 19.8 Å². The Bertz CT molecular complexity index is 790. The molecule has 0 radical (unpaired) electrons. The van der Waals surface area contributed by atoms with Crippen molar-refractivity contribution >= 4 is 0 Å². The van der Waals surface area contributed by atoms with Crippen LogP contribution in [0.3, 0.4) is 0 Å². The zero-order chi connectivity index (χ0) is 14.0. The molecule has 1 heterocycles. The topological polar surface area (TPSA) is 27.7 Å². The first-order valence-corrected chi connectivity index (χ1v) is 7.61. The van der Waals surface area contributed by atoms with Gasteiger partial charge in [0, 0.05) is 11.0 Å². The van der Waals surface area contributed by atoms with Crippen molar-refractivity contribution in [3.8, 4) is 11.5 Å². The molecule has 1 aliphatic heterocycles. The first kappa shape index (κ1) is 10.8. The Morgan fingerprint density at radius 3 is 2.90 bits per heavy atom. The van der Waals surface area contributed by atoms with Crippen molar-refractivity contribution in [1.29, 1.82) is 0 Å². The highest BCUT2D eigenvalue weighted by Gasteiger charge is 2.80. The van der Waals surface area contributed by atoms with Crippen LogP contribution in [-0.4, -0.2) is 20.3 Å². The van der Waals surface area contributed by atoms with Crippen molar-refractivity contribution in [2.45, 2.75) is 29.8 Å². The number of hydrogen-bond acceptors (Lipinski definition) is 3. The van der Waals surface area contributed by atoms with Gasteiger partial charge in [-0.2, -0.15) is 0 Å². The summed E-state index contributed by atoms with van der Waals surface area (Å²) in [5.41, 5.74) is 4.91. The summed E-state index contributed by atoms with van der Waals surface area (Å²) < 4.78 is 17.6. The van der Waals surface area contributed by atoms with Crippen LogP contribution in [0.1, 0.15) is 24.0 Å². The highest BCUT2D eigenvalue weighted by molar-refractivity contribution is 5.76. The van der Waals surface area contributed by atoms with E-state index in [1.807, 2.05) is 0 Å². The fourth-order valence-corrected chi connectivity index (χ4v) is 5.74. The van der Waals surface area contributed by atoms with Gasteiger partial charge in [-0.25, -0.2) is 0 Å². The largest absolute Gasteiger partial charge is 0.497 e. The number of rotatable bonds is 2. The normalized spacial score (nSPS) is 41.8. The molecular weight excluding hydrogens is 264 g/mol. The molecule has 6 rings (SSSR count). The van der Waals surface area contributed by atoms with Crippen LogP contribution < -0.4 is 9.47 Å². The van der Waals surface area contributed by atoms with Gasteiger partial charge in [-0.1, -0.05) is 17.7 Å². The fourth-order valence-electron chi connectivity index (χ4n) is 5.74. The Balaban J connectivity index is 1.73. The van der Waals surface area contributed by atoms with Crippen LogP contribution >= 0.6 is 0 Å². The summed E-state index contributed by atoms with van der Waals surface area (Å²) in [6.07, 6.45) is 6.91. The van der Waals surface area contributed by atoms with Gasteiger partial charge in [0.2, 0.25) is 0 Å². The van der Waals surface area contributed by atoms with Gasteiger partial charge in [-0.3, -0.25) is 0 Å². The summed E-state index contributed by atoms with van der Waals surface area (Å²) in [4.78, 5) is 0. The Kier molecular flexibility index (Phi) is 1.46. The number of methoxy groups -OCH3 is 2. The van der Waals surface area contributed by atoms with Crippen LogP contribution in [0.4, 0.5) is 0 Å². The number of fused-ring (bicyclic) bond motifs is 1. The van der Waals surface area contributed by atoms with Gasteiger partial charge in [0.05, 0.1) is 19.6 Å². The molecule has 0 aromatic heterocycles. The van der Waals surface area contributed by atoms with Crippen molar-refractivity contribution < 1.29 is 14.2 Å². The third-order valence-corrected chi connectivity index (χ3v) is 6.49. The van der Waals surface area contributed by atoms with Gasteiger partial charge in [-0.15, -0.1) is 0 Å². The second kappa shape index (κ2) is 2.85. The molecule has 106 valence electrons. The SMILES string of the molecule is COC1=CC=C2[C@@H]3CC34C[C@@]23c2c4ccc(OC)c2O[C@@H]13. The molecule has 3 heteroatoms. The van der Waals surface area contributed by atoms with E-state index in [2.05, 4.69) is 24.3 Å². The van der Waals surface area contributed by atoms with Gasteiger partial charge in [-0.05, 0) is 36.5 Å². The molecule has 2 bridgehead atoms. The minimum Gasteiger partial charge on any atom is -0.497 e. The lowest BCUT2D eigenvalue weighted by atomic mass is 9.69. The summed E-state index contributed by atoms with van der Waals surface area (Å²) in [7, 11) is 3.46. The molecule has 3 nitrogen and oxygen atoms in total. The van der Waals surface area contributed by atoms with Gasteiger partial charge in [0.25, 0.3) is 0 Å². The highest BCUT2D eigenvalue weighted by atomic mass is 16.6. The molecule has 1 aromatic carbocycles. The Morgan fingerprint density at radius 2 is 2.10 bits per heavy atom. The first-order chi connectivity index (χ1) is 10.3. The van der Waals surface area contributed by atoms with E-state index < -0.39 is 0 Å². The lowest BCUT2D eigenvalue weighted by Crippen LogP contribution is -2.41. The van der Waals surface area contributed by atoms with Gasteiger partial charge in [0.15, 0.2) is 17.6 Å². The van der Waals surface area contributed by atoms with Crippen LogP contribution in [-0.2, 0) is 15.6 Å². The molecule has 0 amide bonds. The predicted octanol–water partition coefficient (Wildman–Crippen LogP) is 2.84. The second-order valence-corrected chi connectivity index (χ2v) is 6.97. The van der Waals surface area contributed by atoms with E-state index in [0.717, 1.165) is 23.2 Å². The van der Waals surface area contributed by atoms with E-state index in [1.165, 1.54) is 24.0 Å². The number of benzene rings is 1. The molecule has 5 aliphatic rings. The van der Waals surface area contributed by atoms with Crippen molar-refractivity contribution in [2.24, 2.45) is 5.92 Å². The molecule has 2 spiro atoms. The van der Waals surface area contributed by atoms with E-state index in [9.17, 15) is 0 Å². The molecule has 0 saturated heterocycles. The molecule has 1 aromatic rings. The van der Waals surface area contributed by atoms with Crippen molar-refractivity contribution in [1.82, 2.24) is 0 Å². The summed E-state index contributed by atoms with van der Waals surface area (Å²) >= 11 is 0. The van der Waals surface area contributed by atoms with Gasteiger partial charge in [0.1, 0.15) is 5.76 Å². The Labute approximate surface area is 123 Å². The maximum atomic E-state index is 6.38. The zero-order valence-electron chi connectivity index (χ0n) is 12.1. The second-order valence-electron chi connectivity index (χ2n) is 6.97. The maximum absolute atomic E-state index is 6.38. The van der Waals surface area contributed by atoms with E-state index in [4.69, 9.17) is 14.2 Å². The smallest absolute Gasteiger partial charge is 0.169 e. The minimum absolute atomic E-state index is 0.000255. The van der Waals surface area contributed by atoms with E-state index in [0.29, 0.717) is 5.41 Å². The van der Waals surface area contributed by atoms with Crippen LogP contribution in [0.15, 0.2) is 35.6 Å². The van der Waals surface area contributed by atoms with E-state index in [-0.39, 0.29) is 11.5 Å². The average molecular weight is 280 g/mol. The predicted molar refractivity (Wildman–Crippen MR) is 76.7 cm³/mol. The lowest BCUT2D eigenvalue weighted by molar-refractivity contribution is 0.116. The standard InChI is InChI=1S/C18H16O3/c1-19-12-5-4-10-14-15(12)21-16-13(20-2)6-3-9-11-7-17(10,11)8-18(9,14)16/h3-6,11,16H,7-8H2,1-2H3/t11-,16-,17?,18-/m0/s1. The summed E-state index contributed by atoms with van der Waals surface area (Å²) in [5, 5.41) is 0. The highest BCUT2D eigenvalue weighted by Crippen LogP contribution is 2.83. The third kappa shape index (κ3) is 0.832.